The third kappa shape index (κ3) is 3.16. The first-order chi connectivity index (χ1) is 9.20. The number of likely N-dealkylation sites (tertiary alicyclic amines) is 1. The second-order valence-electron chi connectivity index (χ2n) is 6.86. The van der Waals surface area contributed by atoms with E-state index in [-0.39, 0.29) is 0 Å². The zero-order valence-electron chi connectivity index (χ0n) is 12.2. The summed E-state index contributed by atoms with van der Waals surface area (Å²) in [6.07, 6.45) is 9.01. The van der Waals surface area contributed by atoms with Crippen LogP contribution in [0.3, 0.4) is 0 Å². The second kappa shape index (κ2) is 5.61. The van der Waals surface area contributed by atoms with E-state index in [4.69, 9.17) is 0 Å². The van der Waals surface area contributed by atoms with Crippen molar-refractivity contribution in [3.05, 3.63) is 12.7 Å². The first-order valence-corrected chi connectivity index (χ1v) is 7.77. The topological polar surface area (TPSA) is 34.0 Å². The van der Waals surface area contributed by atoms with E-state index in [0.29, 0.717) is 6.04 Å². The molecule has 0 spiro atoms. The highest BCUT2D eigenvalue weighted by Crippen LogP contribution is 2.34. The monoisotopic (exact) mass is 262 g/mol. The van der Waals surface area contributed by atoms with Crippen molar-refractivity contribution in [2.75, 3.05) is 19.6 Å². The quantitative estimate of drug-likeness (QED) is 0.839. The Morgan fingerprint density at radius 1 is 1.16 bits per heavy atom. The number of hydrogen-bond acceptors (Lipinski definition) is 3. The molecule has 1 aliphatic carbocycles. The molecule has 0 aromatic carbocycles. The summed E-state index contributed by atoms with van der Waals surface area (Å²) in [5.41, 5.74) is 0. The molecule has 4 heteroatoms. The van der Waals surface area contributed by atoms with Crippen molar-refractivity contribution in [2.24, 2.45) is 17.8 Å². The molecule has 1 saturated heterocycles. The Morgan fingerprint density at radius 2 is 1.95 bits per heavy atom. The molecule has 1 saturated carbocycles. The fourth-order valence-electron chi connectivity index (χ4n) is 4.23. The Bertz CT molecular complexity index is 379. The molecule has 0 bridgehead atoms. The fourth-order valence-corrected chi connectivity index (χ4v) is 4.23. The van der Waals surface area contributed by atoms with Gasteiger partial charge in [-0.15, -0.1) is 0 Å². The van der Waals surface area contributed by atoms with Crippen LogP contribution in [-0.4, -0.2) is 39.3 Å². The van der Waals surface area contributed by atoms with Crippen LogP contribution in [0.2, 0.25) is 0 Å². The standard InChI is InChI=1S/C15H26N4/c1-12-5-13(2)7-14(6-12)8-18-4-3-15(9-18)19-11-16-10-17-19/h10-15H,3-9H2,1-2H3. The summed E-state index contributed by atoms with van der Waals surface area (Å²) in [4.78, 5) is 6.70. The van der Waals surface area contributed by atoms with Crippen LogP contribution >= 0.6 is 0 Å². The Labute approximate surface area is 116 Å². The first-order valence-electron chi connectivity index (χ1n) is 7.77. The molecule has 1 aliphatic heterocycles. The van der Waals surface area contributed by atoms with Crippen molar-refractivity contribution in [1.29, 1.82) is 0 Å². The predicted molar refractivity (Wildman–Crippen MR) is 75.8 cm³/mol. The molecule has 3 unspecified atom stereocenters. The Morgan fingerprint density at radius 3 is 2.63 bits per heavy atom. The molecule has 0 amide bonds. The van der Waals surface area contributed by atoms with Gasteiger partial charge in [0.05, 0.1) is 6.04 Å². The lowest BCUT2D eigenvalue weighted by molar-refractivity contribution is 0.165. The average Bonchev–Trinajstić information content (AvgIpc) is 2.96. The molecule has 3 atom stereocenters. The summed E-state index contributed by atoms with van der Waals surface area (Å²) >= 11 is 0. The number of hydrogen-bond donors (Lipinski definition) is 0. The lowest BCUT2D eigenvalue weighted by Gasteiger charge is -2.33. The van der Waals surface area contributed by atoms with Crippen LogP contribution in [0, 0.1) is 17.8 Å². The van der Waals surface area contributed by atoms with Gasteiger partial charge in [-0.1, -0.05) is 13.8 Å². The molecular formula is C15H26N4. The number of rotatable bonds is 3. The predicted octanol–water partition coefficient (Wildman–Crippen LogP) is 2.60. The largest absolute Gasteiger partial charge is 0.301 e. The molecule has 0 radical (unpaired) electrons. The van der Waals surface area contributed by atoms with Crippen molar-refractivity contribution in [3.8, 4) is 0 Å². The van der Waals surface area contributed by atoms with Gasteiger partial charge in [-0.25, -0.2) is 9.67 Å². The van der Waals surface area contributed by atoms with E-state index >= 15 is 0 Å². The SMILES string of the molecule is CC1CC(C)CC(CN2CCC(n3cncn3)C2)C1. The van der Waals surface area contributed by atoms with E-state index < -0.39 is 0 Å². The summed E-state index contributed by atoms with van der Waals surface area (Å²) < 4.78 is 2.03. The van der Waals surface area contributed by atoms with Gasteiger partial charge in [0.25, 0.3) is 0 Å². The van der Waals surface area contributed by atoms with Crippen LogP contribution in [0.15, 0.2) is 12.7 Å². The van der Waals surface area contributed by atoms with Crippen LogP contribution in [0.4, 0.5) is 0 Å². The highest BCUT2D eigenvalue weighted by atomic mass is 15.4. The highest BCUT2D eigenvalue weighted by molar-refractivity contribution is 4.84. The Hall–Kier alpha value is -0.900. The third-order valence-corrected chi connectivity index (χ3v) is 4.85. The molecule has 106 valence electrons. The zero-order valence-corrected chi connectivity index (χ0v) is 12.2. The van der Waals surface area contributed by atoms with Crippen LogP contribution in [-0.2, 0) is 0 Å². The highest BCUT2D eigenvalue weighted by Gasteiger charge is 2.29. The normalized spacial score (nSPS) is 36.7. The molecule has 19 heavy (non-hydrogen) atoms. The summed E-state index contributed by atoms with van der Waals surface area (Å²) in [5.74, 6) is 2.75. The Balaban J connectivity index is 1.51. The lowest BCUT2D eigenvalue weighted by atomic mass is 9.76. The summed E-state index contributed by atoms with van der Waals surface area (Å²) in [6.45, 7) is 8.52. The van der Waals surface area contributed by atoms with E-state index in [1.807, 2.05) is 11.0 Å². The number of aromatic nitrogens is 3. The molecule has 2 aliphatic rings. The van der Waals surface area contributed by atoms with Crippen LogP contribution in [0.25, 0.3) is 0 Å². The maximum atomic E-state index is 4.28. The minimum atomic E-state index is 0.543. The molecule has 0 N–H and O–H groups in total. The van der Waals surface area contributed by atoms with Crippen molar-refractivity contribution in [2.45, 2.75) is 45.6 Å². The van der Waals surface area contributed by atoms with Crippen molar-refractivity contribution >= 4 is 0 Å². The maximum absolute atomic E-state index is 4.28. The molecule has 2 heterocycles. The van der Waals surface area contributed by atoms with E-state index in [1.165, 1.54) is 38.8 Å². The van der Waals surface area contributed by atoms with Crippen molar-refractivity contribution in [1.82, 2.24) is 19.7 Å². The van der Waals surface area contributed by atoms with Crippen molar-refractivity contribution < 1.29 is 0 Å². The zero-order chi connectivity index (χ0) is 13.2. The molecule has 2 fully saturated rings. The summed E-state index contributed by atoms with van der Waals surface area (Å²) in [7, 11) is 0. The smallest absolute Gasteiger partial charge is 0.137 e. The van der Waals surface area contributed by atoms with Gasteiger partial charge < -0.3 is 4.90 Å². The number of nitrogens with zero attached hydrogens (tertiary/aromatic N) is 4. The molecule has 1 aromatic heterocycles. The van der Waals surface area contributed by atoms with Gasteiger partial charge in [0.15, 0.2) is 0 Å². The van der Waals surface area contributed by atoms with Gasteiger partial charge in [0.2, 0.25) is 0 Å². The van der Waals surface area contributed by atoms with E-state index in [0.717, 1.165) is 24.3 Å². The second-order valence-corrected chi connectivity index (χ2v) is 6.86. The Kier molecular flexibility index (Phi) is 3.87. The van der Waals surface area contributed by atoms with E-state index in [2.05, 4.69) is 28.8 Å². The average molecular weight is 262 g/mol. The first kappa shape index (κ1) is 13.1. The van der Waals surface area contributed by atoms with Gasteiger partial charge in [-0.3, -0.25) is 0 Å². The van der Waals surface area contributed by atoms with Crippen LogP contribution in [0.5, 0.6) is 0 Å². The summed E-state index contributed by atoms with van der Waals surface area (Å²) in [5, 5.41) is 4.28. The molecule has 1 aromatic rings. The minimum Gasteiger partial charge on any atom is -0.301 e. The summed E-state index contributed by atoms with van der Waals surface area (Å²) in [6, 6.07) is 0.543. The fraction of sp³-hybridized carbons (Fsp3) is 0.867. The minimum absolute atomic E-state index is 0.543. The maximum Gasteiger partial charge on any atom is 0.137 e. The van der Waals surface area contributed by atoms with Crippen LogP contribution < -0.4 is 0 Å². The molecule has 4 nitrogen and oxygen atoms in total. The molecular weight excluding hydrogens is 236 g/mol. The van der Waals surface area contributed by atoms with E-state index in [9.17, 15) is 0 Å². The molecule has 3 rings (SSSR count). The van der Waals surface area contributed by atoms with Gasteiger partial charge in [-0.2, -0.15) is 5.10 Å². The van der Waals surface area contributed by atoms with E-state index in [1.54, 1.807) is 6.33 Å². The third-order valence-electron chi connectivity index (χ3n) is 4.85. The van der Waals surface area contributed by atoms with Gasteiger partial charge in [0.1, 0.15) is 12.7 Å². The van der Waals surface area contributed by atoms with Gasteiger partial charge in [-0.05, 0) is 43.4 Å². The van der Waals surface area contributed by atoms with Gasteiger partial charge >= 0.3 is 0 Å². The van der Waals surface area contributed by atoms with Gasteiger partial charge in [0, 0.05) is 19.6 Å². The van der Waals surface area contributed by atoms with Crippen LogP contribution in [0.1, 0.15) is 45.6 Å². The van der Waals surface area contributed by atoms with Crippen molar-refractivity contribution in [3.63, 3.8) is 0 Å². The lowest BCUT2D eigenvalue weighted by Crippen LogP contribution is -2.32.